The highest BCUT2D eigenvalue weighted by Crippen LogP contribution is 2.31. The molecule has 0 aliphatic carbocycles. The maximum absolute atomic E-state index is 2.51. The van der Waals surface area contributed by atoms with Gasteiger partial charge in [0.2, 0.25) is 0 Å². The van der Waals surface area contributed by atoms with Crippen molar-refractivity contribution in [3.8, 4) is 0 Å². The third-order valence-electron chi connectivity index (χ3n) is 3.58. The summed E-state index contributed by atoms with van der Waals surface area (Å²) in [4.78, 5) is 5.48. The molecule has 1 nitrogen and oxygen atoms in total. The van der Waals surface area contributed by atoms with Gasteiger partial charge in [0.05, 0.1) is 6.54 Å². The molecule has 0 fully saturated rings. The molecule has 0 spiro atoms. The van der Waals surface area contributed by atoms with Crippen LogP contribution in [0.5, 0.6) is 0 Å². The van der Waals surface area contributed by atoms with Gasteiger partial charge in [0.25, 0.3) is 0 Å². The zero-order chi connectivity index (χ0) is 12.5. The molecule has 1 aromatic heterocycles. The molecule has 0 N–H and O–H groups in total. The van der Waals surface area contributed by atoms with Gasteiger partial charge in [0, 0.05) is 22.0 Å². The molecule has 18 heavy (non-hydrogen) atoms. The second kappa shape index (κ2) is 4.77. The molecule has 3 rings (SSSR count). The van der Waals surface area contributed by atoms with Crippen LogP contribution in [0, 0.1) is 0 Å². The van der Waals surface area contributed by atoms with Gasteiger partial charge in [-0.05, 0) is 36.1 Å². The number of hydrogen-bond donors (Lipinski definition) is 0. The van der Waals surface area contributed by atoms with Crippen LogP contribution in [0.3, 0.4) is 0 Å². The average Bonchev–Trinajstić information content (AvgIpc) is 2.98. The zero-order valence-corrected chi connectivity index (χ0v) is 11.8. The molecule has 1 aliphatic heterocycles. The lowest BCUT2D eigenvalue weighted by Crippen LogP contribution is -2.18. The second-order valence-electron chi connectivity index (χ2n) is 5.26. The summed E-state index contributed by atoms with van der Waals surface area (Å²) < 4.78 is 0. The summed E-state index contributed by atoms with van der Waals surface area (Å²) in [7, 11) is 0. The van der Waals surface area contributed by atoms with Crippen molar-refractivity contribution in [2.45, 2.75) is 32.7 Å². The van der Waals surface area contributed by atoms with E-state index >= 15 is 0 Å². The number of benzene rings is 1. The number of fused-ring (bicyclic) bond motifs is 1. The number of para-hydroxylation sites is 1. The Morgan fingerprint density at radius 3 is 2.78 bits per heavy atom. The summed E-state index contributed by atoms with van der Waals surface area (Å²) in [6.45, 7) is 6.75. The lowest BCUT2D eigenvalue weighted by Gasteiger charge is -2.18. The summed E-state index contributed by atoms with van der Waals surface area (Å²) in [6, 6.07) is 13.4. The van der Waals surface area contributed by atoms with Crippen molar-refractivity contribution in [3.05, 3.63) is 51.7 Å². The first-order valence-electron chi connectivity index (χ1n) is 6.65. The van der Waals surface area contributed by atoms with Crippen LogP contribution in [-0.2, 0) is 13.0 Å². The van der Waals surface area contributed by atoms with Crippen molar-refractivity contribution in [2.75, 3.05) is 11.4 Å². The topological polar surface area (TPSA) is 3.24 Å². The maximum atomic E-state index is 2.51. The molecule has 0 saturated carbocycles. The molecule has 0 radical (unpaired) electrons. The SMILES string of the molecule is CC(C)c1ccc(CN2CCc3ccccc32)s1. The van der Waals surface area contributed by atoms with Crippen LogP contribution >= 0.6 is 11.3 Å². The zero-order valence-electron chi connectivity index (χ0n) is 11.0. The Bertz CT molecular complexity index is 542. The molecule has 2 heteroatoms. The molecule has 1 aliphatic rings. The summed E-state index contributed by atoms with van der Waals surface area (Å²) in [6.07, 6.45) is 1.19. The van der Waals surface area contributed by atoms with Crippen LogP contribution in [0.1, 0.15) is 35.1 Å². The fraction of sp³-hybridized carbons (Fsp3) is 0.375. The van der Waals surface area contributed by atoms with Crippen LogP contribution in [0.2, 0.25) is 0 Å². The molecule has 0 saturated heterocycles. The van der Waals surface area contributed by atoms with E-state index in [0.717, 1.165) is 13.1 Å². The Labute approximate surface area is 113 Å². The highest BCUT2D eigenvalue weighted by Gasteiger charge is 2.18. The Balaban J connectivity index is 1.78. The largest absolute Gasteiger partial charge is 0.366 e. The van der Waals surface area contributed by atoms with Gasteiger partial charge < -0.3 is 4.90 Å². The first-order valence-corrected chi connectivity index (χ1v) is 7.47. The standard InChI is InChI=1S/C16H19NS/c1-12(2)16-8-7-14(18-16)11-17-10-9-13-5-3-4-6-15(13)17/h3-8,12H,9-11H2,1-2H3. The maximum Gasteiger partial charge on any atom is 0.0523 e. The van der Waals surface area contributed by atoms with Gasteiger partial charge in [-0.15, -0.1) is 11.3 Å². The first-order chi connectivity index (χ1) is 8.74. The minimum absolute atomic E-state index is 0.648. The lowest BCUT2D eigenvalue weighted by atomic mass is 10.2. The molecule has 2 heterocycles. The van der Waals surface area contributed by atoms with Crippen LogP contribution < -0.4 is 4.90 Å². The van der Waals surface area contributed by atoms with Crippen LogP contribution in [-0.4, -0.2) is 6.54 Å². The van der Waals surface area contributed by atoms with E-state index in [1.165, 1.54) is 27.4 Å². The summed E-state index contributed by atoms with van der Waals surface area (Å²) in [5.41, 5.74) is 2.93. The van der Waals surface area contributed by atoms with E-state index in [1.807, 2.05) is 11.3 Å². The van der Waals surface area contributed by atoms with Gasteiger partial charge in [0.15, 0.2) is 0 Å². The highest BCUT2D eigenvalue weighted by atomic mass is 32.1. The Kier molecular flexibility index (Phi) is 3.13. The van der Waals surface area contributed by atoms with Crippen molar-refractivity contribution in [2.24, 2.45) is 0 Å². The monoisotopic (exact) mass is 257 g/mol. The third-order valence-corrected chi connectivity index (χ3v) is 4.95. The van der Waals surface area contributed by atoms with Crippen LogP contribution in [0.25, 0.3) is 0 Å². The van der Waals surface area contributed by atoms with E-state index in [2.05, 4.69) is 55.1 Å². The average molecular weight is 257 g/mol. The van der Waals surface area contributed by atoms with Crippen LogP contribution in [0.4, 0.5) is 5.69 Å². The predicted molar refractivity (Wildman–Crippen MR) is 79.6 cm³/mol. The fourth-order valence-electron chi connectivity index (χ4n) is 2.55. The van der Waals surface area contributed by atoms with Gasteiger partial charge in [-0.2, -0.15) is 0 Å². The molecule has 0 unspecified atom stereocenters. The molecular weight excluding hydrogens is 238 g/mol. The lowest BCUT2D eigenvalue weighted by molar-refractivity contribution is 0.846. The fourth-order valence-corrected chi connectivity index (χ4v) is 3.58. The number of rotatable bonds is 3. The molecule has 0 amide bonds. The van der Waals surface area contributed by atoms with Gasteiger partial charge in [0.1, 0.15) is 0 Å². The third kappa shape index (κ3) is 2.17. The molecule has 94 valence electrons. The van der Waals surface area contributed by atoms with Crippen molar-refractivity contribution in [3.63, 3.8) is 0 Å². The summed E-state index contributed by atoms with van der Waals surface area (Å²) >= 11 is 1.96. The Hall–Kier alpha value is -1.28. The Morgan fingerprint density at radius 2 is 2.00 bits per heavy atom. The quantitative estimate of drug-likeness (QED) is 0.786. The van der Waals surface area contributed by atoms with E-state index in [1.54, 1.807) is 0 Å². The van der Waals surface area contributed by atoms with Crippen molar-refractivity contribution in [1.82, 2.24) is 0 Å². The Morgan fingerprint density at radius 1 is 1.17 bits per heavy atom. The normalized spacial score (nSPS) is 14.3. The van der Waals surface area contributed by atoms with E-state index in [0.29, 0.717) is 5.92 Å². The van der Waals surface area contributed by atoms with E-state index in [4.69, 9.17) is 0 Å². The minimum Gasteiger partial charge on any atom is -0.366 e. The van der Waals surface area contributed by atoms with Crippen molar-refractivity contribution >= 4 is 17.0 Å². The highest BCUT2D eigenvalue weighted by molar-refractivity contribution is 7.12. The number of hydrogen-bond acceptors (Lipinski definition) is 2. The molecule has 0 bridgehead atoms. The second-order valence-corrected chi connectivity index (χ2v) is 6.46. The van der Waals surface area contributed by atoms with Gasteiger partial charge in [-0.3, -0.25) is 0 Å². The van der Waals surface area contributed by atoms with Crippen LogP contribution in [0.15, 0.2) is 36.4 Å². The summed E-state index contributed by atoms with van der Waals surface area (Å²) in [5, 5.41) is 0. The first kappa shape index (κ1) is 11.8. The van der Waals surface area contributed by atoms with E-state index in [9.17, 15) is 0 Å². The number of thiophene rings is 1. The van der Waals surface area contributed by atoms with Crippen molar-refractivity contribution in [1.29, 1.82) is 0 Å². The van der Waals surface area contributed by atoms with E-state index < -0.39 is 0 Å². The van der Waals surface area contributed by atoms with Gasteiger partial charge in [-0.25, -0.2) is 0 Å². The molecule has 0 atom stereocenters. The van der Waals surface area contributed by atoms with Crippen molar-refractivity contribution < 1.29 is 0 Å². The molecule has 1 aromatic carbocycles. The minimum atomic E-state index is 0.648. The van der Waals surface area contributed by atoms with E-state index in [-0.39, 0.29) is 0 Å². The number of nitrogens with zero attached hydrogens (tertiary/aromatic N) is 1. The predicted octanol–water partition coefficient (Wildman–Crippen LogP) is 4.43. The smallest absolute Gasteiger partial charge is 0.0523 e. The van der Waals surface area contributed by atoms with Gasteiger partial charge in [-0.1, -0.05) is 32.0 Å². The van der Waals surface area contributed by atoms with Gasteiger partial charge >= 0.3 is 0 Å². The molecule has 2 aromatic rings. The number of anilines is 1. The summed E-state index contributed by atoms with van der Waals surface area (Å²) in [5.74, 6) is 0.648. The molecular formula is C16H19NS.